The highest BCUT2D eigenvalue weighted by Crippen LogP contribution is 2.25. The summed E-state index contributed by atoms with van der Waals surface area (Å²) in [5.74, 6) is -1.18. The lowest BCUT2D eigenvalue weighted by atomic mass is 9.89. The van der Waals surface area contributed by atoms with Crippen LogP contribution >= 0.6 is 10.7 Å². The number of amides is 1. The molecule has 0 saturated carbocycles. The summed E-state index contributed by atoms with van der Waals surface area (Å²) in [5.41, 5.74) is -0.709. The molecule has 0 atom stereocenters. The van der Waals surface area contributed by atoms with Gasteiger partial charge in [-0.1, -0.05) is 20.8 Å². The molecule has 0 fully saturated rings. The van der Waals surface area contributed by atoms with Crippen molar-refractivity contribution < 1.29 is 17.6 Å². The van der Waals surface area contributed by atoms with Crippen molar-refractivity contribution in [2.45, 2.75) is 32.1 Å². The minimum atomic E-state index is -3.98. The van der Waals surface area contributed by atoms with Gasteiger partial charge in [0.25, 0.3) is 9.05 Å². The highest BCUT2D eigenvalue weighted by Gasteiger charge is 2.26. The van der Waals surface area contributed by atoms with Crippen LogP contribution in [0.2, 0.25) is 0 Å². The lowest BCUT2D eigenvalue weighted by Crippen LogP contribution is -2.30. The standard InChI is InChI=1S/C12H15ClFNO3S/c1-4-12(2,3)11(16)15-10-6-5-8(7-9(10)14)19(13,17)18/h5-7H,4H2,1-3H3,(H,15,16). The van der Waals surface area contributed by atoms with Gasteiger partial charge < -0.3 is 5.32 Å². The third-order valence-electron chi connectivity index (χ3n) is 2.97. The Kier molecular flexibility index (Phi) is 4.58. The van der Waals surface area contributed by atoms with Crippen molar-refractivity contribution in [1.29, 1.82) is 0 Å². The Hall–Kier alpha value is -1.14. The van der Waals surface area contributed by atoms with E-state index in [1.807, 2.05) is 6.92 Å². The zero-order valence-corrected chi connectivity index (χ0v) is 12.4. The summed E-state index contributed by atoms with van der Waals surface area (Å²) in [6.07, 6.45) is 0.592. The molecule has 1 aromatic carbocycles. The molecule has 0 aliphatic rings. The SMILES string of the molecule is CCC(C)(C)C(=O)Nc1ccc(S(=O)(=O)Cl)cc1F. The molecule has 0 unspecified atom stereocenters. The van der Waals surface area contributed by atoms with Gasteiger partial charge in [-0.3, -0.25) is 4.79 Å². The van der Waals surface area contributed by atoms with Crippen molar-refractivity contribution in [2.75, 3.05) is 5.32 Å². The second kappa shape index (κ2) is 5.46. The van der Waals surface area contributed by atoms with Crippen LogP contribution in [0.25, 0.3) is 0 Å². The van der Waals surface area contributed by atoms with Crippen molar-refractivity contribution in [2.24, 2.45) is 5.41 Å². The summed E-state index contributed by atoms with van der Waals surface area (Å²) in [6, 6.07) is 3.09. The molecule has 1 N–H and O–H groups in total. The number of carbonyl (C=O) groups excluding carboxylic acids is 1. The summed E-state index contributed by atoms with van der Waals surface area (Å²) in [4.78, 5) is 11.5. The number of hydrogen-bond donors (Lipinski definition) is 1. The third kappa shape index (κ3) is 3.91. The maximum Gasteiger partial charge on any atom is 0.261 e. The summed E-state index contributed by atoms with van der Waals surface area (Å²) in [5, 5.41) is 2.43. The summed E-state index contributed by atoms with van der Waals surface area (Å²) < 4.78 is 35.8. The molecule has 106 valence electrons. The van der Waals surface area contributed by atoms with Crippen LogP contribution in [0, 0.1) is 11.2 Å². The topological polar surface area (TPSA) is 63.2 Å². The van der Waals surface area contributed by atoms with E-state index in [9.17, 15) is 17.6 Å². The molecule has 0 heterocycles. The Bertz CT molecular complexity index is 599. The van der Waals surface area contributed by atoms with E-state index < -0.39 is 20.3 Å². The van der Waals surface area contributed by atoms with Crippen LogP contribution in [0.5, 0.6) is 0 Å². The van der Waals surface area contributed by atoms with Gasteiger partial charge in [-0.05, 0) is 24.6 Å². The van der Waals surface area contributed by atoms with Crippen LogP contribution in [-0.4, -0.2) is 14.3 Å². The minimum Gasteiger partial charge on any atom is -0.323 e. The molecule has 1 rings (SSSR count). The number of anilines is 1. The van der Waals surface area contributed by atoms with E-state index >= 15 is 0 Å². The Morgan fingerprint density at radius 3 is 2.42 bits per heavy atom. The lowest BCUT2D eigenvalue weighted by Gasteiger charge is -2.21. The van der Waals surface area contributed by atoms with Crippen molar-refractivity contribution in [3.05, 3.63) is 24.0 Å². The van der Waals surface area contributed by atoms with E-state index in [2.05, 4.69) is 5.32 Å². The van der Waals surface area contributed by atoms with Crippen molar-refractivity contribution in [3.8, 4) is 0 Å². The average Bonchev–Trinajstić information content (AvgIpc) is 2.30. The second-order valence-electron chi connectivity index (χ2n) is 4.77. The first kappa shape index (κ1) is 15.9. The first-order valence-electron chi connectivity index (χ1n) is 5.63. The molecule has 4 nitrogen and oxygen atoms in total. The van der Waals surface area contributed by atoms with Gasteiger partial charge in [-0.25, -0.2) is 12.8 Å². The number of hydrogen-bond acceptors (Lipinski definition) is 3. The van der Waals surface area contributed by atoms with Gasteiger partial charge in [-0.2, -0.15) is 0 Å². The Balaban J connectivity index is 3.03. The molecule has 0 saturated heterocycles. The molecule has 0 aliphatic carbocycles. The summed E-state index contributed by atoms with van der Waals surface area (Å²) >= 11 is 0. The molecular weight excluding hydrogens is 293 g/mol. The van der Waals surface area contributed by atoms with Crippen LogP contribution in [0.15, 0.2) is 23.1 Å². The zero-order chi connectivity index (χ0) is 14.8. The Morgan fingerprint density at radius 2 is 2.00 bits per heavy atom. The first-order chi connectivity index (χ1) is 8.58. The van der Waals surface area contributed by atoms with Gasteiger partial charge in [0.05, 0.1) is 10.6 Å². The molecule has 1 aromatic rings. The van der Waals surface area contributed by atoms with E-state index in [4.69, 9.17) is 10.7 Å². The number of nitrogens with one attached hydrogen (secondary N) is 1. The normalized spacial score (nSPS) is 12.3. The summed E-state index contributed by atoms with van der Waals surface area (Å²) in [7, 11) is 1.12. The fraction of sp³-hybridized carbons (Fsp3) is 0.417. The van der Waals surface area contributed by atoms with Gasteiger partial charge in [0.15, 0.2) is 0 Å². The maximum absolute atomic E-state index is 13.7. The Labute approximate surface area is 116 Å². The van der Waals surface area contributed by atoms with Crippen LogP contribution in [0.4, 0.5) is 10.1 Å². The quantitative estimate of drug-likeness (QED) is 0.869. The molecule has 1 amide bonds. The molecule has 0 aromatic heterocycles. The fourth-order valence-corrected chi connectivity index (χ4v) is 1.96. The van der Waals surface area contributed by atoms with Crippen molar-refractivity contribution in [1.82, 2.24) is 0 Å². The van der Waals surface area contributed by atoms with E-state index in [1.54, 1.807) is 13.8 Å². The van der Waals surface area contributed by atoms with Crippen molar-refractivity contribution >= 4 is 31.3 Å². The minimum absolute atomic E-state index is 0.0735. The monoisotopic (exact) mass is 307 g/mol. The molecule has 0 aliphatic heterocycles. The molecule has 0 bridgehead atoms. The van der Waals surface area contributed by atoms with Gasteiger partial charge in [0.2, 0.25) is 5.91 Å². The predicted octanol–water partition coefficient (Wildman–Crippen LogP) is 3.13. The molecule has 0 radical (unpaired) electrons. The van der Waals surface area contributed by atoms with E-state index in [0.29, 0.717) is 6.42 Å². The van der Waals surface area contributed by atoms with Gasteiger partial charge in [-0.15, -0.1) is 0 Å². The largest absolute Gasteiger partial charge is 0.323 e. The molecule has 7 heteroatoms. The lowest BCUT2D eigenvalue weighted by molar-refractivity contribution is -0.124. The highest BCUT2D eigenvalue weighted by atomic mass is 35.7. The van der Waals surface area contributed by atoms with Crippen LogP contribution in [0.3, 0.4) is 0 Å². The third-order valence-corrected chi connectivity index (χ3v) is 4.32. The number of carbonyl (C=O) groups is 1. The Morgan fingerprint density at radius 1 is 1.42 bits per heavy atom. The molecule has 0 spiro atoms. The average molecular weight is 308 g/mol. The van der Waals surface area contributed by atoms with Crippen LogP contribution in [-0.2, 0) is 13.8 Å². The smallest absolute Gasteiger partial charge is 0.261 e. The van der Waals surface area contributed by atoms with Gasteiger partial charge in [0, 0.05) is 16.1 Å². The predicted molar refractivity (Wildman–Crippen MR) is 72.1 cm³/mol. The zero-order valence-electron chi connectivity index (χ0n) is 10.8. The van der Waals surface area contributed by atoms with Gasteiger partial charge in [0.1, 0.15) is 5.82 Å². The van der Waals surface area contributed by atoms with Gasteiger partial charge >= 0.3 is 0 Å². The first-order valence-corrected chi connectivity index (χ1v) is 7.94. The number of benzene rings is 1. The second-order valence-corrected chi connectivity index (χ2v) is 7.34. The maximum atomic E-state index is 13.7. The fourth-order valence-electron chi connectivity index (χ4n) is 1.20. The van der Waals surface area contributed by atoms with Crippen LogP contribution < -0.4 is 5.32 Å². The highest BCUT2D eigenvalue weighted by molar-refractivity contribution is 8.13. The van der Waals surface area contributed by atoms with E-state index in [-0.39, 0.29) is 16.5 Å². The number of halogens is 2. The van der Waals surface area contributed by atoms with E-state index in [0.717, 1.165) is 12.1 Å². The van der Waals surface area contributed by atoms with Crippen molar-refractivity contribution in [3.63, 3.8) is 0 Å². The molecule has 19 heavy (non-hydrogen) atoms. The molecular formula is C12H15ClFNO3S. The number of rotatable bonds is 4. The van der Waals surface area contributed by atoms with Crippen LogP contribution in [0.1, 0.15) is 27.2 Å². The van der Waals surface area contributed by atoms with E-state index in [1.165, 1.54) is 6.07 Å². The summed E-state index contributed by atoms with van der Waals surface area (Å²) in [6.45, 7) is 5.31.